The maximum atomic E-state index is 12.0. The van der Waals surface area contributed by atoms with Crippen molar-refractivity contribution >= 4 is 31.5 Å². The molecular weight excluding hydrogens is 286 g/mol. The minimum Gasteiger partial charge on any atom is -0.229 e. The molecule has 0 spiro atoms. The molecule has 0 N–H and O–H groups in total. The van der Waals surface area contributed by atoms with Gasteiger partial charge in [-0.2, -0.15) is 4.31 Å². The molecule has 0 radical (unpaired) electrons. The SMILES string of the molecule is CS(=O)(=O)CCS(=O)(=O)N1CCCCC1CCl. The number of alkyl halides is 1. The van der Waals surface area contributed by atoms with Gasteiger partial charge in [-0.05, 0) is 12.8 Å². The zero-order valence-electron chi connectivity index (χ0n) is 9.80. The molecule has 17 heavy (non-hydrogen) atoms. The van der Waals surface area contributed by atoms with Crippen LogP contribution in [-0.2, 0) is 19.9 Å². The van der Waals surface area contributed by atoms with E-state index in [0.29, 0.717) is 6.54 Å². The fraction of sp³-hybridized carbons (Fsp3) is 1.00. The van der Waals surface area contributed by atoms with Crippen LogP contribution in [0.25, 0.3) is 0 Å². The lowest BCUT2D eigenvalue weighted by Gasteiger charge is -2.33. The second kappa shape index (κ2) is 5.86. The summed E-state index contributed by atoms with van der Waals surface area (Å²) in [5.74, 6) is -0.418. The Morgan fingerprint density at radius 3 is 2.35 bits per heavy atom. The smallest absolute Gasteiger partial charge is 0.215 e. The Labute approximate surface area is 108 Å². The van der Waals surface area contributed by atoms with E-state index in [0.717, 1.165) is 25.5 Å². The lowest BCUT2D eigenvalue weighted by molar-refractivity contribution is 0.272. The third-order valence-electron chi connectivity index (χ3n) is 2.82. The molecule has 0 saturated carbocycles. The van der Waals surface area contributed by atoms with Crippen LogP contribution in [0.4, 0.5) is 0 Å². The summed E-state index contributed by atoms with van der Waals surface area (Å²) < 4.78 is 47.4. The first-order chi connectivity index (χ1) is 7.76. The molecule has 1 unspecified atom stereocenters. The largest absolute Gasteiger partial charge is 0.229 e. The first kappa shape index (κ1) is 15.2. The number of sulfonamides is 1. The van der Waals surface area contributed by atoms with Crippen LogP contribution in [0.5, 0.6) is 0 Å². The van der Waals surface area contributed by atoms with Crippen molar-refractivity contribution in [2.24, 2.45) is 0 Å². The van der Waals surface area contributed by atoms with Gasteiger partial charge in [-0.25, -0.2) is 16.8 Å². The van der Waals surface area contributed by atoms with Gasteiger partial charge in [0.1, 0.15) is 9.84 Å². The van der Waals surface area contributed by atoms with Crippen molar-refractivity contribution in [3.8, 4) is 0 Å². The van der Waals surface area contributed by atoms with Gasteiger partial charge in [0.05, 0.1) is 11.5 Å². The van der Waals surface area contributed by atoms with Crippen LogP contribution in [0, 0.1) is 0 Å². The van der Waals surface area contributed by atoms with Crippen molar-refractivity contribution in [3.63, 3.8) is 0 Å². The number of hydrogen-bond donors (Lipinski definition) is 0. The molecule has 1 rings (SSSR count). The Morgan fingerprint density at radius 2 is 1.82 bits per heavy atom. The van der Waals surface area contributed by atoms with Crippen LogP contribution in [0.1, 0.15) is 19.3 Å². The summed E-state index contributed by atoms with van der Waals surface area (Å²) in [6.07, 6.45) is 3.57. The van der Waals surface area contributed by atoms with Crippen molar-refractivity contribution in [1.82, 2.24) is 4.31 Å². The zero-order chi connectivity index (χ0) is 13.1. The topological polar surface area (TPSA) is 71.5 Å². The summed E-state index contributed by atoms with van der Waals surface area (Å²) in [6, 6.07) is -0.185. The Morgan fingerprint density at radius 1 is 1.18 bits per heavy atom. The molecule has 1 heterocycles. The van der Waals surface area contributed by atoms with Crippen LogP contribution < -0.4 is 0 Å². The molecule has 0 aromatic rings. The van der Waals surface area contributed by atoms with Crippen molar-refractivity contribution in [2.75, 3.05) is 30.2 Å². The first-order valence-electron chi connectivity index (χ1n) is 5.49. The van der Waals surface area contributed by atoms with Crippen LogP contribution in [-0.4, -0.2) is 57.4 Å². The van der Waals surface area contributed by atoms with Gasteiger partial charge in [-0.15, -0.1) is 11.6 Å². The summed E-state index contributed by atoms with van der Waals surface area (Å²) in [5, 5.41) is 0. The van der Waals surface area contributed by atoms with Crippen LogP contribution >= 0.6 is 11.6 Å². The van der Waals surface area contributed by atoms with E-state index in [9.17, 15) is 16.8 Å². The summed E-state index contributed by atoms with van der Waals surface area (Å²) >= 11 is 5.75. The summed E-state index contributed by atoms with van der Waals surface area (Å²) in [6.45, 7) is 0.448. The predicted octanol–water partition coefficient (Wildman–Crippen LogP) is 0.454. The van der Waals surface area contributed by atoms with Crippen molar-refractivity contribution in [1.29, 1.82) is 0 Å². The van der Waals surface area contributed by atoms with E-state index in [4.69, 9.17) is 11.6 Å². The third-order valence-corrected chi connectivity index (χ3v) is 6.30. The number of sulfone groups is 1. The van der Waals surface area contributed by atoms with Crippen molar-refractivity contribution < 1.29 is 16.8 Å². The first-order valence-corrected chi connectivity index (χ1v) is 9.70. The average molecular weight is 304 g/mol. The number of rotatable bonds is 5. The third kappa shape index (κ3) is 4.73. The van der Waals surface area contributed by atoms with Gasteiger partial charge in [0.15, 0.2) is 0 Å². The highest BCUT2D eigenvalue weighted by Crippen LogP contribution is 2.21. The number of hydrogen-bond acceptors (Lipinski definition) is 4. The minimum absolute atomic E-state index is 0.185. The molecular formula is C9H18ClNO4S2. The molecule has 0 aromatic carbocycles. The Hall–Kier alpha value is 0.150. The molecule has 1 atom stereocenters. The van der Waals surface area contributed by atoms with Crippen LogP contribution in [0.15, 0.2) is 0 Å². The van der Waals surface area contributed by atoms with Gasteiger partial charge < -0.3 is 0 Å². The van der Waals surface area contributed by atoms with E-state index in [1.165, 1.54) is 4.31 Å². The number of halogens is 1. The molecule has 1 aliphatic rings. The summed E-state index contributed by atoms with van der Waals surface area (Å²) in [4.78, 5) is 0. The fourth-order valence-corrected chi connectivity index (χ4v) is 5.60. The molecule has 1 aliphatic heterocycles. The van der Waals surface area contributed by atoms with Gasteiger partial charge in [0, 0.05) is 24.7 Å². The van der Waals surface area contributed by atoms with Gasteiger partial charge in [0.2, 0.25) is 10.0 Å². The number of nitrogens with zero attached hydrogens (tertiary/aromatic N) is 1. The van der Waals surface area contributed by atoms with E-state index in [-0.39, 0.29) is 23.4 Å². The van der Waals surface area contributed by atoms with E-state index < -0.39 is 19.9 Å². The van der Waals surface area contributed by atoms with Crippen molar-refractivity contribution in [3.05, 3.63) is 0 Å². The van der Waals surface area contributed by atoms with E-state index in [2.05, 4.69) is 0 Å². The molecule has 0 aliphatic carbocycles. The second-order valence-electron chi connectivity index (χ2n) is 4.36. The number of piperidine rings is 1. The van der Waals surface area contributed by atoms with E-state index >= 15 is 0 Å². The quantitative estimate of drug-likeness (QED) is 0.692. The standard InChI is InChI=1S/C9H18ClNO4S2/c1-16(12,13)6-7-17(14,15)11-5-3-2-4-9(11)8-10/h9H,2-8H2,1H3. The Bertz CT molecular complexity index is 446. The maximum Gasteiger partial charge on any atom is 0.215 e. The maximum absolute atomic E-state index is 12.0. The normalized spacial score (nSPS) is 23.8. The molecule has 5 nitrogen and oxygen atoms in total. The zero-order valence-corrected chi connectivity index (χ0v) is 12.2. The monoisotopic (exact) mass is 303 g/mol. The Balaban J connectivity index is 2.74. The van der Waals surface area contributed by atoms with Crippen LogP contribution in [0.2, 0.25) is 0 Å². The van der Waals surface area contributed by atoms with Crippen molar-refractivity contribution in [2.45, 2.75) is 25.3 Å². The highest BCUT2D eigenvalue weighted by molar-refractivity contribution is 7.93. The molecule has 102 valence electrons. The van der Waals surface area contributed by atoms with Gasteiger partial charge >= 0.3 is 0 Å². The Kier molecular flexibility index (Phi) is 5.24. The second-order valence-corrected chi connectivity index (χ2v) is 8.97. The lowest BCUT2D eigenvalue weighted by atomic mass is 10.1. The predicted molar refractivity (Wildman–Crippen MR) is 68.6 cm³/mol. The summed E-state index contributed by atoms with van der Waals surface area (Å²) in [7, 11) is -6.77. The molecule has 1 fully saturated rings. The molecule has 0 amide bonds. The highest BCUT2D eigenvalue weighted by Gasteiger charge is 2.31. The highest BCUT2D eigenvalue weighted by atomic mass is 35.5. The van der Waals surface area contributed by atoms with E-state index in [1.54, 1.807) is 0 Å². The van der Waals surface area contributed by atoms with E-state index in [1.807, 2.05) is 0 Å². The molecule has 0 aromatic heterocycles. The lowest BCUT2D eigenvalue weighted by Crippen LogP contribution is -2.46. The van der Waals surface area contributed by atoms with Gasteiger partial charge in [-0.3, -0.25) is 0 Å². The molecule has 1 saturated heterocycles. The van der Waals surface area contributed by atoms with Gasteiger partial charge in [0.25, 0.3) is 0 Å². The summed E-state index contributed by atoms with van der Waals surface area (Å²) in [5.41, 5.74) is 0. The van der Waals surface area contributed by atoms with Crippen LogP contribution in [0.3, 0.4) is 0 Å². The molecule has 0 bridgehead atoms. The average Bonchev–Trinajstić information content (AvgIpc) is 2.26. The fourth-order valence-electron chi connectivity index (χ4n) is 1.87. The van der Waals surface area contributed by atoms with Gasteiger partial charge in [-0.1, -0.05) is 6.42 Å². The minimum atomic E-state index is -3.51. The molecule has 8 heteroatoms.